The third-order valence-corrected chi connectivity index (χ3v) is 4.29. The Kier molecular flexibility index (Phi) is 4.90. The van der Waals surface area contributed by atoms with E-state index in [2.05, 4.69) is 20.4 Å². The summed E-state index contributed by atoms with van der Waals surface area (Å²) in [7, 11) is 0. The number of hydrogen-bond donors (Lipinski definition) is 1. The number of halogens is 1. The zero-order valence-corrected chi connectivity index (χ0v) is 15.8. The Balaban J connectivity index is 1.59. The second kappa shape index (κ2) is 7.67. The van der Waals surface area contributed by atoms with Gasteiger partial charge in [0.2, 0.25) is 5.82 Å². The van der Waals surface area contributed by atoms with Crippen LogP contribution in [0.25, 0.3) is 17.0 Å². The predicted molar refractivity (Wildman–Crippen MR) is 105 cm³/mol. The summed E-state index contributed by atoms with van der Waals surface area (Å²) >= 11 is 0. The monoisotopic (exact) mass is 391 g/mol. The number of benzene rings is 2. The van der Waals surface area contributed by atoms with E-state index in [-0.39, 0.29) is 17.4 Å². The summed E-state index contributed by atoms with van der Waals surface area (Å²) in [6.45, 7) is 3.82. The number of anilines is 1. The van der Waals surface area contributed by atoms with Crippen molar-refractivity contribution in [3.8, 4) is 17.0 Å². The molecule has 0 aliphatic rings. The Morgan fingerprint density at radius 2 is 1.90 bits per heavy atom. The van der Waals surface area contributed by atoms with Crippen molar-refractivity contribution < 1.29 is 13.6 Å². The fourth-order valence-corrected chi connectivity index (χ4v) is 2.86. The van der Waals surface area contributed by atoms with E-state index in [1.54, 1.807) is 48.7 Å². The normalized spacial score (nSPS) is 11.0. The van der Waals surface area contributed by atoms with E-state index in [4.69, 9.17) is 4.42 Å². The van der Waals surface area contributed by atoms with Crippen LogP contribution < -0.4 is 5.32 Å². The van der Waals surface area contributed by atoms with Crippen molar-refractivity contribution in [2.75, 3.05) is 5.32 Å². The molecule has 0 radical (unpaired) electrons. The minimum atomic E-state index is -0.477. The van der Waals surface area contributed by atoms with Crippen molar-refractivity contribution in [3.05, 3.63) is 78.6 Å². The van der Waals surface area contributed by atoms with Crippen LogP contribution in [0.3, 0.4) is 0 Å². The summed E-state index contributed by atoms with van der Waals surface area (Å²) < 4.78 is 20.9. The molecule has 0 aliphatic carbocycles. The lowest BCUT2D eigenvalue weighted by atomic mass is 10.1. The van der Waals surface area contributed by atoms with E-state index >= 15 is 0 Å². The van der Waals surface area contributed by atoms with E-state index in [1.165, 1.54) is 17.1 Å². The molecular weight excluding hydrogens is 373 g/mol. The number of carbonyl (C=O) groups excluding carboxylic acids is 1. The first-order chi connectivity index (χ1) is 14.0. The van der Waals surface area contributed by atoms with E-state index in [0.29, 0.717) is 17.3 Å². The number of para-hydroxylation sites is 1. The van der Waals surface area contributed by atoms with Gasteiger partial charge in [-0.3, -0.25) is 4.79 Å². The predicted octanol–water partition coefficient (Wildman–Crippen LogP) is 4.44. The highest BCUT2D eigenvalue weighted by molar-refractivity contribution is 6.01. The van der Waals surface area contributed by atoms with Gasteiger partial charge in [-0.1, -0.05) is 26.0 Å². The first-order valence-electron chi connectivity index (χ1n) is 9.05. The summed E-state index contributed by atoms with van der Waals surface area (Å²) in [6, 6.07) is 13.3. The van der Waals surface area contributed by atoms with Gasteiger partial charge in [-0.25, -0.2) is 19.0 Å². The third kappa shape index (κ3) is 3.77. The summed E-state index contributed by atoms with van der Waals surface area (Å²) in [5.41, 5.74) is 1.66. The van der Waals surface area contributed by atoms with Gasteiger partial charge in [0.25, 0.3) is 5.91 Å². The highest BCUT2D eigenvalue weighted by Crippen LogP contribution is 2.22. The topological polar surface area (TPSA) is 85.8 Å². The molecule has 2 heterocycles. The molecule has 4 aromatic rings. The largest absolute Gasteiger partial charge is 0.444 e. The van der Waals surface area contributed by atoms with E-state index in [9.17, 15) is 9.18 Å². The van der Waals surface area contributed by atoms with Gasteiger partial charge in [0.05, 0.1) is 6.20 Å². The lowest BCUT2D eigenvalue weighted by Crippen LogP contribution is -2.14. The molecule has 4 rings (SSSR count). The third-order valence-electron chi connectivity index (χ3n) is 4.29. The standard InChI is InChI=1S/C21H18FN5O2/c1-13(2)20-25-19(26-27(20)17-6-4-3-5-16(17)22)21(28)24-15-9-7-14(8-10-15)18-11-23-12-29-18/h3-13H,1-2H3,(H,24,28). The van der Waals surface area contributed by atoms with Crippen LogP contribution >= 0.6 is 0 Å². The molecule has 0 atom stereocenters. The molecule has 1 amide bonds. The van der Waals surface area contributed by atoms with Crippen LogP contribution in [0.15, 0.2) is 65.5 Å². The molecule has 7 nitrogen and oxygen atoms in total. The fraction of sp³-hybridized carbons (Fsp3) is 0.143. The van der Waals surface area contributed by atoms with Crippen molar-refractivity contribution in [2.45, 2.75) is 19.8 Å². The molecule has 0 spiro atoms. The lowest BCUT2D eigenvalue weighted by Gasteiger charge is -2.08. The van der Waals surface area contributed by atoms with Crippen LogP contribution in [0.1, 0.15) is 36.2 Å². The molecular formula is C21H18FN5O2. The number of aromatic nitrogens is 4. The zero-order chi connectivity index (χ0) is 20.4. The first kappa shape index (κ1) is 18.5. The van der Waals surface area contributed by atoms with Crippen LogP contribution in [0.4, 0.5) is 10.1 Å². The number of carbonyl (C=O) groups is 1. The maximum atomic E-state index is 14.2. The molecule has 2 aromatic carbocycles. The Labute approximate surface area is 166 Å². The van der Waals surface area contributed by atoms with Crippen molar-refractivity contribution >= 4 is 11.6 Å². The summed E-state index contributed by atoms with van der Waals surface area (Å²) in [6.07, 6.45) is 2.97. The van der Waals surface area contributed by atoms with Gasteiger partial charge in [0, 0.05) is 17.2 Å². The minimum absolute atomic E-state index is 0.0312. The second-order valence-corrected chi connectivity index (χ2v) is 6.71. The Bertz CT molecular complexity index is 1130. The molecule has 29 heavy (non-hydrogen) atoms. The van der Waals surface area contributed by atoms with Gasteiger partial charge in [0.1, 0.15) is 17.3 Å². The average molecular weight is 391 g/mol. The molecule has 0 aliphatic heterocycles. The molecule has 0 saturated heterocycles. The number of nitrogens with one attached hydrogen (secondary N) is 1. The van der Waals surface area contributed by atoms with Gasteiger partial charge in [-0.05, 0) is 36.4 Å². The SMILES string of the molecule is CC(C)c1nc(C(=O)Nc2ccc(-c3cnco3)cc2)nn1-c1ccccc1F. The Hall–Kier alpha value is -3.81. The Morgan fingerprint density at radius 1 is 1.14 bits per heavy atom. The molecule has 0 saturated carbocycles. The van der Waals surface area contributed by atoms with Crippen LogP contribution in [-0.4, -0.2) is 25.7 Å². The molecule has 0 unspecified atom stereocenters. The van der Waals surface area contributed by atoms with Gasteiger partial charge < -0.3 is 9.73 Å². The van der Waals surface area contributed by atoms with Gasteiger partial charge >= 0.3 is 0 Å². The number of nitrogens with zero attached hydrogens (tertiary/aromatic N) is 4. The summed E-state index contributed by atoms with van der Waals surface area (Å²) in [5.74, 6) is 0.139. The van der Waals surface area contributed by atoms with Crippen LogP contribution in [0.5, 0.6) is 0 Å². The van der Waals surface area contributed by atoms with Crippen molar-refractivity contribution in [1.29, 1.82) is 0 Å². The maximum Gasteiger partial charge on any atom is 0.295 e. The van der Waals surface area contributed by atoms with Gasteiger partial charge in [0.15, 0.2) is 12.2 Å². The molecule has 146 valence electrons. The molecule has 0 fully saturated rings. The van der Waals surface area contributed by atoms with Crippen LogP contribution in [-0.2, 0) is 0 Å². The van der Waals surface area contributed by atoms with Gasteiger partial charge in [-0.15, -0.1) is 5.10 Å². The zero-order valence-electron chi connectivity index (χ0n) is 15.8. The highest BCUT2D eigenvalue weighted by Gasteiger charge is 2.21. The van der Waals surface area contributed by atoms with Crippen LogP contribution in [0.2, 0.25) is 0 Å². The van der Waals surface area contributed by atoms with Crippen LogP contribution in [0, 0.1) is 5.82 Å². The van der Waals surface area contributed by atoms with Gasteiger partial charge in [-0.2, -0.15) is 0 Å². The second-order valence-electron chi connectivity index (χ2n) is 6.71. The molecule has 8 heteroatoms. The quantitative estimate of drug-likeness (QED) is 0.544. The highest BCUT2D eigenvalue weighted by atomic mass is 19.1. The van der Waals surface area contributed by atoms with E-state index in [0.717, 1.165) is 5.56 Å². The fourth-order valence-electron chi connectivity index (χ4n) is 2.86. The smallest absolute Gasteiger partial charge is 0.295 e. The number of rotatable bonds is 5. The minimum Gasteiger partial charge on any atom is -0.444 e. The molecule has 0 bridgehead atoms. The van der Waals surface area contributed by atoms with E-state index in [1.807, 2.05) is 13.8 Å². The lowest BCUT2D eigenvalue weighted by molar-refractivity contribution is 0.101. The summed E-state index contributed by atoms with van der Waals surface area (Å²) in [4.78, 5) is 20.9. The van der Waals surface area contributed by atoms with Crippen molar-refractivity contribution in [3.63, 3.8) is 0 Å². The van der Waals surface area contributed by atoms with Crippen molar-refractivity contribution in [2.24, 2.45) is 0 Å². The molecule has 1 N–H and O–H groups in total. The number of oxazole rings is 1. The van der Waals surface area contributed by atoms with E-state index < -0.39 is 11.7 Å². The molecule has 2 aromatic heterocycles. The first-order valence-corrected chi connectivity index (χ1v) is 9.05. The Morgan fingerprint density at radius 3 is 2.55 bits per heavy atom. The number of amides is 1. The number of hydrogen-bond acceptors (Lipinski definition) is 5. The maximum absolute atomic E-state index is 14.2. The summed E-state index contributed by atoms with van der Waals surface area (Å²) in [5, 5.41) is 7.01. The average Bonchev–Trinajstić information content (AvgIpc) is 3.39. The van der Waals surface area contributed by atoms with Crippen molar-refractivity contribution in [1.82, 2.24) is 19.7 Å².